The molecule has 0 radical (unpaired) electrons. The van der Waals surface area contributed by atoms with E-state index >= 15 is 0 Å². The smallest absolute Gasteiger partial charge is 0.251 e. The maximum absolute atomic E-state index is 12.1. The Hall–Kier alpha value is -2.30. The van der Waals surface area contributed by atoms with Crippen LogP contribution < -0.4 is 10.2 Å². The number of nitrogens with one attached hydrogen (secondary N) is 1. The Bertz CT molecular complexity index is 589. The number of hydrogen-bond donors (Lipinski definition) is 1. The lowest BCUT2D eigenvalue weighted by Gasteiger charge is -2.13. The number of carbonyl (C=O) groups is 1. The molecule has 2 aromatic rings. The van der Waals surface area contributed by atoms with E-state index < -0.39 is 0 Å². The van der Waals surface area contributed by atoms with E-state index in [4.69, 9.17) is 0 Å². The van der Waals surface area contributed by atoms with Crippen LogP contribution in [0.1, 0.15) is 16.2 Å². The fraction of sp³-hybridized carbons (Fsp3) is 0.333. The zero-order chi connectivity index (χ0) is 14.5. The van der Waals surface area contributed by atoms with E-state index in [0.29, 0.717) is 12.1 Å². The molecule has 5 nitrogen and oxygen atoms in total. The van der Waals surface area contributed by atoms with Gasteiger partial charge in [0.25, 0.3) is 5.91 Å². The molecule has 1 aromatic carbocycles. The van der Waals surface area contributed by atoms with Crippen LogP contribution in [0.3, 0.4) is 0 Å². The monoisotopic (exact) mass is 272 g/mol. The van der Waals surface area contributed by atoms with Crippen molar-refractivity contribution in [2.45, 2.75) is 6.42 Å². The van der Waals surface area contributed by atoms with Crippen LogP contribution in [0.15, 0.2) is 36.7 Å². The van der Waals surface area contributed by atoms with Gasteiger partial charge in [-0.1, -0.05) is 6.07 Å². The van der Waals surface area contributed by atoms with Gasteiger partial charge >= 0.3 is 0 Å². The van der Waals surface area contributed by atoms with Crippen molar-refractivity contribution in [3.05, 3.63) is 48.0 Å². The third-order valence-corrected chi connectivity index (χ3v) is 3.18. The van der Waals surface area contributed by atoms with Gasteiger partial charge in [0.2, 0.25) is 0 Å². The fourth-order valence-corrected chi connectivity index (χ4v) is 1.95. The number of nitrogens with zero attached hydrogens (tertiary/aromatic N) is 3. The molecule has 0 fully saturated rings. The molecule has 2 rings (SSSR count). The zero-order valence-corrected chi connectivity index (χ0v) is 12.1. The Morgan fingerprint density at radius 3 is 2.85 bits per heavy atom. The Morgan fingerprint density at radius 1 is 1.40 bits per heavy atom. The van der Waals surface area contributed by atoms with Crippen molar-refractivity contribution in [2.24, 2.45) is 7.05 Å². The molecular weight excluding hydrogens is 252 g/mol. The summed E-state index contributed by atoms with van der Waals surface area (Å²) in [5.74, 6) is 0.912. The summed E-state index contributed by atoms with van der Waals surface area (Å²) in [6.07, 6.45) is 4.39. The lowest BCUT2D eigenvalue weighted by molar-refractivity contribution is 0.0954. The summed E-state index contributed by atoms with van der Waals surface area (Å²) in [6.45, 7) is 0.579. The molecule has 0 unspecified atom stereocenters. The van der Waals surface area contributed by atoms with Gasteiger partial charge in [-0.2, -0.15) is 0 Å². The van der Waals surface area contributed by atoms with E-state index in [0.717, 1.165) is 17.9 Å². The van der Waals surface area contributed by atoms with Crippen LogP contribution in [-0.4, -0.2) is 36.1 Å². The second-order valence-electron chi connectivity index (χ2n) is 4.91. The van der Waals surface area contributed by atoms with Crippen molar-refractivity contribution in [3.8, 4) is 0 Å². The van der Waals surface area contributed by atoms with Crippen LogP contribution in [0.25, 0.3) is 0 Å². The first-order chi connectivity index (χ1) is 9.58. The van der Waals surface area contributed by atoms with Crippen molar-refractivity contribution in [1.82, 2.24) is 14.9 Å². The molecule has 5 heteroatoms. The molecule has 0 aliphatic heterocycles. The third kappa shape index (κ3) is 3.38. The first-order valence-electron chi connectivity index (χ1n) is 6.59. The van der Waals surface area contributed by atoms with Gasteiger partial charge in [-0.3, -0.25) is 4.79 Å². The SMILES string of the molecule is CN(C)c1cccc(C(=O)NCCc2nccn2C)c1. The minimum absolute atomic E-state index is 0.0529. The molecule has 1 heterocycles. The minimum atomic E-state index is -0.0529. The van der Waals surface area contributed by atoms with Crippen LogP contribution in [0.2, 0.25) is 0 Å². The summed E-state index contributed by atoms with van der Waals surface area (Å²) >= 11 is 0. The largest absolute Gasteiger partial charge is 0.378 e. The average molecular weight is 272 g/mol. The number of aromatic nitrogens is 2. The molecule has 0 aliphatic carbocycles. The Kier molecular flexibility index (Phi) is 4.40. The second kappa shape index (κ2) is 6.23. The maximum atomic E-state index is 12.1. The predicted octanol–water partition coefficient (Wildman–Crippen LogP) is 1.46. The van der Waals surface area contributed by atoms with Gasteiger partial charge in [0.15, 0.2) is 0 Å². The highest BCUT2D eigenvalue weighted by Crippen LogP contribution is 2.13. The van der Waals surface area contributed by atoms with Gasteiger partial charge in [0.1, 0.15) is 5.82 Å². The molecule has 106 valence electrons. The van der Waals surface area contributed by atoms with Gasteiger partial charge in [-0.15, -0.1) is 0 Å². The zero-order valence-electron chi connectivity index (χ0n) is 12.1. The Balaban J connectivity index is 1.92. The highest BCUT2D eigenvalue weighted by Gasteiger charge is 2.07. The number of carbonyl (C=O) groups excluding carboxylic acids is 1. The molecule has 1 N–H and O–H groups in total. The van der Waals surface area contributed by atoms with Crippen LogP contribution in [0.5, 0.6) is 0 Å². The number of aryl methyl sites for hydroxylation is 1. The highest BCUT2D eigenvalue weighted by molar-refractivity contribution is 5.95. The summed E-state index contributed by atoms with van der Waals surface area (Å²) in [7, 11) is 5.86. The number of imidazole rings is 1. The van der Waals surface area contributed by atoms with Gasteiger partial charge < -0.3 is 14.8 Å². The standard InChI is InChI=1S/C15H20N4O/c1-18(2)13-6-4-5-12(11-13)15(20)17-8-7-14-16-9-10-19(14)3/h4-6,9-11H,7-8H2,1-3H3,(H,17,20). The van der Waals surface area contributed by atoms with Crippen molar-refractivity contribution < 1.29 is 4.79 Å². The number of anilines is 1. The molecule has 0 atom stereocenters. The van der Waals surface area contributed by atoms with Gasteiger partial charge in [0, 0.05) is 57.8 Å². The number of benzene rings is 1. The summed E-state index contributed by atoms with van der Waals surface area (Å²) in [5, 5.41) is 2.92. The van der Waals surface area contributed by atoms with Gasteiger partial charge in [-0.05, 0) is 18.2 Å². The molecule has 0 saturated heterocycles. The summed E-state index contributed by atoms with van der Waals surface area (Å²) < 4.78 is 1.96. The highest BCUT2D eigenvalue weighted by atomic mass is 16.1. The van der Waals surface area contributed by atoms with Gasteiger partial charge in [0.05, 0.1) is 0 Å². The lowest BCUT2D eigenvalue weighted by Crippen LogP contribution is -2.26. The van der Waals surface area contributed by atoms with Crippen molar-refractivity contribution in [2.75, 3.05) is 25.5 Å². The quantitative estimate of drug-likeness (QED) is 0.896. The third-order valence-electron chi connectivity index (χ3n) is 3.18. The van der Waals surface area contributed by atoms with E-state index in [2.05, 4.69) is 10.3 Å². The number of amides is 1. The predicted molar refractivity (Wildman–Crippen MR) is 80.0 cm³/mol. The molecular formula is C15H20N4O. The molecule has 0 saturated carbocycles. The molecule has 0 aliphatic rings. The van der Waals surface area contributed by atoms with E-state index in [1.165, 1.54) is 0 Å². The molecule has 1 amide bonds. The lowest BCUT2D eigenvalue weighted by atomic mass is 10.2. The van der Waals surface area contributed by atoms with E-state index in [9.17, 15) is 4.79 Å². The molecule has 20 heavy (non-hydrogen) atoms. The second-order valence-corrected chi connectivity index (χ2v) is 4.91. The summed E-state index contributed by atoms with van der Waals surface area (Å²) in [6, 6.07) is 7.58. The Morgan fingerprint density at radius 2 is 2.20 bits per heavy atom. The number of hydrogen-bond acceptors (Lipinski definition) is 3. The topological polar surface area (TPSA) is 50.2 Å². The van der Waals surface area contributed by atoms with Crippen LogP contribution in [-0.2, 0) is 13.5 Å². The molecule has 0 bridgehead atoms. The van der Waals surface area contributed by atoms with Crippen LogP contribution in [0, 0.1) is 0 Å². The minimum Gasteiger partial charge on any atom is -0.378 e. The first-order valence-corrected chi connectivity index (χ1v) is 6.59. The Labute approximate surface area is 119 Å². The van der Waals surface area contributed by atoms with Crippen LogP contribution in [0.4, 0.5) is 5.69 Å². The van der Waals surface area contributed by atoms with Crippen LogP contribution >= 0.6 is 0 Å². The average Bonchev–Trinajstić information content (AvgIpc) is 2.84. The van der Waals surface area contributed by atoms with Gasteiger partial charge in [-0.25, -0.2) is 4.98 Å². The van der Waals surface area contributed by atoms with Crippen molar-refractivity contribution >= 4 is 11.6 Å². The van der Waals surface area contributed by atoms with Crippen molar-refractivity contribution in [3.63, 3.8) is 0 Å². The molecule has 0 spiro atoms. The summed E-state index contributed by atoms with van der Waals surface area (Å²) in [4.78, 5) is 18.3. The first kappa shape index (κ1) is 14.1. The maximum Gasteiger partial charge on any atom is 0.251 e. The molecule has 1 aromatic heterocycles. The van der Waals surface area contributed by atoms with Crippen molar-refractivity contribution in [1.29, 1.82) is 0 Å². The van der Waals surface area contributed by atoms with E-state index in [-0.39, 0.29) is 5.91 Å². The van der Waals surface area contributed by atoms with E-state index in [1.54, 1.807) is 6.20 Å². The van der Waals surface area contributed by atoms with E-state index in [1.807, 2.05) is 61.1 Å². The normalized spacial score (nSPS) is 10.3. The summed E-state index contributed by atoms with van der Waals surface area (Å²) in [5.41, 5.74) is 1.69. The fourth-order valence-electron chi connectivity index (χ4n) is 1.95. The number of rotatable bonds is 5.